The number of likely N-dealkylation sites (N-methyl/N-ethyl adjacent to an activating group) is 1. The highest BCUT2D eigenvalue weighted by Gasteiger charge is 2.56. The molecule has 3 aromatic rings. The molecule has 198 valence electrons. The van der Waals surface area contributed by atoms with Gasteiger partial charge in [0.1, 0.15) is 23.0 Å². The Morgan fingerprint density at radius 2 is 2.11 bits per heavy atom. The highest BCUT2D eigenvalue weighted by molar-refractivity contribution is 7.21. The van der Waals surface area contributed by atoms with Gasteiger partial charge in [-0.2, -0.15) is 5.26 Å². The zero-order chi connectivity index (χ0) is 27.4. The molecule has 2 aromatic carbocycles. The van der Waals surface area contributed by atoms with E-state index in [9.17, 15) is 24.3 Å². The molecule has 3 heterocycles. The lowest BCUT2D eigenvalue weighted by atomic mass is 9.80. The van der Waals surface area contributed by atoms with E-state index in [1.165, 1.54) is 17.0 Å². The molecule has 4 atom stereocenters. The van der Waals surface area contributed by atoms with E-state index in [0.717, 1.165) is 16.9 Å². The van der Waals surface area contributed by atoms with Crippen LogP contribution in [-0.2, 0) is 10.2 Å². The van der Waals surface area contributed by atoms with Crippen molar-refractivity contribution in [2.45, 2.75) is 50.4 Å². The molecule has 2 N–H and O–H groups in total. The van der Waals surface area contributed by atoms with Crippen LogP contribution in [0.5, 0.6) is 0 Å². The van der Waals surface area contributed by atoms with Crippen LogP contribution in [-0.4, -0.2) is 58.6 Å². The average Bonchev–Trinajstić information content (AvgIpc) is 3.53. The summed E-state index contributed by atoms with van der Waals surface area (Å²) >= 11 is 7.64. The van der Waals surface area contributed by atoms with Crippen LogP contribution in [0.15, 0.2) is 42.5 Å². The number of hydrogen-bond acceptors (Lipinski definition) is 6. The van der Waals surface area contributed by atoms with Crippen molar-refractivity contribution < 1.29 is 19.1 Å². The molecule has 1 spiro atoms. The van der Waals surface area contributed by atoms with Crippen LogP contribution in [0.1, 0.15) is 41.9 Å². The molecule has 1 aromatic heterocycles. The van der Waals surface area contributed by atoms with Gasteiger partial charge in [0.15, 0.2) is 0 Å². The van der Waals surface area contributed by atoms with E-state index in [4.69, 9.17) is 11.6 Å². The number of carbonyl (C=O) groups excluding carboxylic acids is 2. The Kier molecular flexibility index (Phi) is 6.95. The molecule has 0 radical (unpaired) electrons. The molecule has 0 bridgehead atoms. The Morgan fingerprint density at radius 3 is 2.82 bits per heavy atom. The third-order valence-electron chi connectivity index (χ3n) is 7.67. The summed E-state index contributed by atoms with van der Waals surface area (Å²) in [5.41, 5.74) is 0.573. The summed E-state index contributed by atoms with van der Waals surface area (Å²) < 4.78 is 14.3. The molecule has 1 saturated heterocycles. The van der Waals surface area contributed by atoms with E-state index in [1.807, 2.05) is 38.1 Å². The van der Waals surface area contributed by atoms with Crippen LogP contribution in [0.2, 0.25) is 5.02 Å². The van der Waals surface area contributed by atoms with Gasteiger partial charge in [0.2, 0.25) is 5.91 Å². The highest BCUT2D eigenvalue weighted by atomic mass is 35.5. The largest absolute Gasteiger partial charge is 0.376 e. The minimum Gasteiger partial charge on any atom is -0.376 e. The monoisotopic (exact) mass is 554 g/mol. The van der Waals surface area contributed by atoms with Crippen molar-refractivity contribution in [3.8, 4) is 6.07 Å². The van der Waals surface area contributed by atoms with Crippen molar-refractivity contribution >= 4 is 50.5 Å². The fourth-order valence-electron chi connectivity index (χ4n) is 5.74. The summed E-state index contributed by atoms with van der Waals surface area (Å²) in [4.78, 5) is 30.2. The molecule has 7 nitrogen and oxygen atoms in total. The average molecular weight is 555 g/mol. The van der Waals surface area contributed by atoms with Crippen LogP contribution in [0.4, 0.5) is 10.1 Å². The third-order valence-corrected chi connectivity index (χ3v) is 9.31. The van der Waals surface area contributed by atoms with E-state index < -0.39 is 35.5 Å². The van der Waals surface area contributed by atoms with E-state index in [0.29, 0.717) is 22.2 Å². The Bertz CT molecular complexity index is 1470. The molecule has 2 amide bonds. The topological polar surface area (TPSA) is 96.7 Å². The first kappa shape index (κ1) is 26.6. The normalized spacial score (nSPS) is 22.5. The van der Waals surface area contributed by atoms with Gasteiger partial charge in [0, 0.05) is 29.4 Å². The van der Waals surface area contributed by atoms with Crippen LogP contribution < -0.4 is 5.32 Å². The number of halogens is 2. The van der Waals surface area contributed by atoms with E-state index >= 15 is 0 Å². The summed E-state index contributed by atoms with van der Waals surface area (Å²) in [5, 5.41) is 25.5. The quantitative estimate of drug-likeness (QED) is 0.447. The predicted molar refractivity (Wildman–Crippen MR) is 146 cm³/mol. The number of nitrogens with zero attached hydrogens (tertiary/aromatic N) is 3. The number of nitrogens with one attached hydrogen (secondary N) is 1. The highest BCUT2D eigenvalue weighted by Crippen LogP contribution is 2.47. The number of hydrogen-bond donors (Lipinski definition) is 2. The molecule has 2 aliphatic heterocycles. The number of rotatable bonds is 6. The fraction of sp³-hybridized carbons (Fsp3) is 0.393. The first-order valence-corrected chi connectivity index (χ1v) is 13.7. The molecule has 1 unspecified atom stereocenters. The number of thiophene rings is 1. The Balaban J connectivity index is 1.47. The number of benzene rings is 2. The smallest absolute Gasteiger partial charge is 0.265 e. The maximum atomic E-state index is 13.8. The van der Waals surface area contributed by atoms with Crippen LogP contribution in [0.3, 0.4) is 0 Å². The number of likely N-dealkylation sites (tertiary alicyclic amines) is 1. The van der Waals surface area contributed by atoms with Crippen molar-refractivity contribution in [3.05, 3.63) is 63.7 Å². The number of fused-ring (bicyclic) bond motifs is 3. The molecule has 10 heteroatoms. The van der Waals surface area contributed by atoms with Crippen molar-refractivity contribution in [1.29, 1.82) is 5.26 Å². The number of anilines is 1. The molecule has 0 aliphatic carbocycles. The fourth-order valence-corrected chi connectivity index (χ4v) is 7.26. The molecule has 1 fully saturated rings. The molecular weight excluding hydrogens is 527 g/mol. The molecule has 38 heavy (non-hydrogen) atoms. The van der Waals surface area contributed by atoms with Gasteiger partial charge in [-0.15, -0.1) is 11.3 Å². The zero-order valence-corrected chi connectivity index (χ0v) is 22.8. The Hall–Kier alpha value is -3.03. The number of aliphatic hydroxyl groups is 1. The second-order valence-corrected chi connectivity index (χ2v) is 11.9. The van der Waals surface area contributed by atoms with E-state index in [-0.39, 0.29) is 34.7 Å². The molecule has 2 aliphatic rings. The first-order chi connectivity index (χ1) is 18.1. The number of carbonyl (C=O) groups is 2. The number of nitriles is 1. The lowest BCUT2D eigenvalue weighted by Crippen LogP contribution is -2.54. The standard InChI is InChI=1S/C28H28ClFN4O3S/c1-15(2)10-21(33(3)26(36)24-23(29)18-9-8-16(30)11-22(18)38-24)25(35)34-14-28(12-17(34)13-31)19-6-4-5-7-20(19)32-27(28)37/h4-9,11,15,17,21,25,35H,10,12,14H2,1-3H3,(H,32,37)/t17-,21-,25?,28-/m0/s1. The molecule has 5 rings (SSSR count). The third kappa shape index (κ3) is 4.26. The van der Waals surface area contributed by atoms with Gasteiger partial charge in [0.05, 0.1) is 22.5 Å². The first-order valence-electron chi connectivity index (χ1n) is 12.5. The summed E-state index contributed by atoms with van der Waals surface area (Å²) in [5.74, 6) is -0.890. The van der Waals surface area contributed by atoms with Crippen molar-refractivity contribution in [1.82, 2.24) is 9.80 Å². The lowest BCUT2D eigenvalue weighted by Gasteiger charge is -2.38. The van der Waals surface area contributed by atoms with Crippen LogP contribution in [0, 0.1) is 23.1 Å². The summed E-state index contributed by atoms with van der Waals surface area (Å²) in [6.07, 6.45) is -0.518. The minimum atomic E-state index is -1.21. The van der Waals surface area contributed by atoms with Gasteiger partial charge in [-0.1, -0.05) is 43.6 Å². The summed E-state index contributed by atoms with van der Waals surface area (Å²) in [6, 6.07) is 12.4. The SMILES string of the molecule is CC(C)C[C@@H](C(O)N1C[C@]2(C[C@H]1C#N)C(=O)Nc1ccccc12)N(C)C(=O)c1sc2cc(F)ccc2c1Cl. The maximum Gasteiger partial charge on any atom is 0.265 e. The van der Waals surface area contributed by atoms with Gasteiger partial charge < -0.3 is 15.3 Å². The van der Waals surface area contributed by atoms with Crippen LogP contribution >= 0.6 is 22.9 Å². The van der Waals surface area contributed by atoms with Crippen molar-refractivity contribution in [3.63, 3.8) is 0 Å². The van der Waals surface area contributed by atoms with Gasteiger partial charge >= 0.3 is 0 Å². The van der Waals surface area contributed by atoms with Gasteiger partial charge in [-0.3, -0.25) is 14.5 Å². The predicted octanol–water partition coefficient (Wildman–Crippen LogP) is 4.99. The van der Waals surface area contributed by atoms with Crippen LogP contribution in [0.25, 0.3) is 10.1 Å². The second-order valence-electron chi connectivity index (χ2n) is 10.5. The number of aliphatic hydroxyl groups excluding tert-OH is 1. The summed E-state index contributed by atoms with van der Waals surface area (Å²) in [6.45, 7) is 4.12. The Morgan fingerprint density at radius 1 is 1.37 bits per heavy atom. The second kappa shape index (κ2) is 9.93. The summed E-state index contributed by atoms with van der Waals surface area (Å²) in [7, 11) is 1.60. The number of amides is 2. The van der Waals surface area contributed by atoms with Gasteiger partial charge in [0.25, 0.3) is 5.91 Å². The lowest BCUT2D eigenvalue weighted by molar-refractivity contribution is -0.121. The zero-order valence-electron chi connectivity index (χ0n) is 21.2. The minimum absolute atomic E-state index is 0.115. The Labute approximate surface area is 229 Å². The van der Waals surface area contributed by atoms with Crippen molar-refractivity contribution in [2.75, 3.05) is 18.9 Å². The van der Waals surface area contributed by atoms with Crippen molar-refractivity contribution in [2.24, 2.45) is 5.92 Å². The molecular formula is C28H28ClFN4O3S. The maximum absolute atomic E-state index is 13.8. The van der Waals surface area contributed by atoms with Gasteiger partial charge in [-0.25, -0.2) is 4.39 Å². The van der Waals surface area contributed by atoms with E-state index in [2.05, 4.69) is 11.4 Å². The van der Waals surface area contributed by atoms with E-state index in [1.54, 1.807) is 18.0 Å². The van der Waals surface area contributed by atoms with Gasteiger partial charge in [-0.05, 0) is 48.6 Å². The number of para-hydroxylation sites is 1. The molecule has 0 saturated carbocycles.